The summed E-state index contributed by atoms with van der Waals surface area (Å²) in [7, 11) is 0. The van der Waals surface area contributed by atoms with Crippen LogP contribution in [0.2, 0.25) is 0 Å². The molecule has 0 spiro atoms. The largest absolute Gasteiger partial charge is 0.386 e. The molecule has 1 aromatic carbocycles. The van der Waals surface area contributed by atoms with Gasteiger partial charge in [0.05, 0.1) is 6.42 Å². The molecular weight excluding hydrogens is 190 g/mol. The number of carbonyl (C=O) groups excluding carboxylic acids is 1. The van der Waals surface area contributed by atoms with Crippen molar-refractivity contribution in [3.8, 4) is 0 Å². The fraction of sp³-hybridized carbons (Fsp3) is 0.273. The van der Waals surface area contributed by atoms with E-state index in [1.807, 2.05) is 37.3 Å². The van der Waals surface area contributed by atoms with Gasteiger partial charge in [-0.15, -0.1) is 0 Å². The van der Waals surface area contributed by atoms with Crippen molar-refractivity contribution in [1.82, 2.24) is 5.43 Å². The van der Waals surface area contributed by atoms with E-state index in [2.05, 4.69) is 10.5 Å². The van der Waals surface area contributed by atoms with Crippen LogP contribution >= 0.6 is 0 Å². The second kappa shape index (κ2) is 5.80. The van der Waals surface area contributed by atoms with Crippen molar-refractivity contribution in [2.45, 2.75) is 19.8 Å². The number of nitrogens with one attached hydrogen (secondary N) is 1. The van der Waals surface area contributed by atoms with Gasteiger partial charge in [-0.25, -0.2) is 5.43 Å². The number of rotatable bonds is 4. The number of hydrazone groups is 1. The Morgan fingerprint density at radius 3 is 2.67 bits per heavy atom. The Morgan fingerprint density at radius 1 is 1.40 bits per heavy atom. The van der Waals surface area contributed by atoms with E-state index in [-0.39, 0.29) is 5.91 Å². The quantitative estimate of drug-likeness (QED) is 0.438. The standard InChI is InChI=1S/C11H15N3O/c1-2-10(12)13-14-11(15)8-9-6-4-3-5-7-9/h3-7H,2,8H2,1H3,(H2,12,13)(H,14,15). The molecule has 4 nitrogen and oxygen atoms in total. The van der Waals surface area contributed by atoms with Crippen LogP contribution in [0.3, 0.4) is 0 Å². The zero-order valence-electron chi connectivity index (χ0n) is 8.73. The highest BCUT2D eigenvalue weighted by Crippen LogP contribution is 1.98. The molecule has 0 heterocycles. The highest BCUT2D eigenvalue weighted by Gasteiger charge is 2.01. The maximum absolute atomic E-state index is 11.4. The predicted molar refractivity (Wildman–Crippen MR) is 60.2 cm³/mol. The van der Waals surface area contributed by atoms with Crippen LogP contribution in [0.5, 0.6) is 0 Å². The smallest absolute Gasteiger partial charge is 0.244 e. The molecule has 15 heavy (non-hydrogen) atoms. The molecule has 80 valence electrons. The number of nitrogens with two attached hydrogens (primary N) is 1. The van der Waals surface area contributed by atoms with E-state index in [9.17, 15) is 4.79 Å². The van der Waals surface area contributed by atoms with Crippen LogP contribution < -0.4 is 11.2 Å². The second-order valence-electron chi connectivity index (χ2n) is 3.15. The van der Waals surface area contributed by atoms with E-state index in [0.29, 0.717) is 18.7 Å². The summed E-state index contributed by atoms with van der Waals surface area (Å²) in [6.07, 6.45) is 0.951. The summed E-state index contributed by atoms with van der Waals surface area (Å²) in [5, 5.41) is 3.73. The second-order valence-corrected chi connectivity index (χ2v) is 3.15. The lowest BCUT2D eigenvalue weighted by atomic mass is 10.1. The summed E-state index contributed by atoms with van der Waals surface area (Å²) in [5.74, 6) is 0.272. The van der Waals surface area contributed by atoms with Crippen molar-refractivity contribution in [1.29, 1.82) is 0 Å². The first-order valence-electron chi connectivity index (χ1n) is 4.87. The van der Waals surface area contributed by atoms with E-state index in [4.69, 9.17) is 5.73 Å². The van der Waals surface area contributed by atoms with Crippen molar-refractivity contribution in [2.75, 3.05) is 0 Å². The molecule has 0 aliphatic carbocycles. The minimum absolute atomic E-state index is 0.155. The van der Waals surface area contributed by atoms with E-state index in [1.54, 1.807) is 0 Å². The molecule has 0 aliphatic rings. The lowest BCUT2D eigenvalue weighted by Crippen LogP contribution is -2.24. The zero-order valence-corrected chi connectivity index (χ0v) is 8.73. The number of amides is 1. The lowest BCUT2D eigenvalue weighted by molar-refractivity contribution is -0.120. The Bertz CT molecular complexity index is 346. The first-order chi connectivity index (χ1) is 7.22. The summed E-state index contributed by atoms with van der Waals surface area (Å²) in [4.78, 5) is 11.4. The van der Waals surface area contributed by atoms with Gasteiger partial charge in [0.1, 0.15) is 5.84 Å². The highest BCUT2D eigenvalue weighted by molar-refractivity contribution is 5.83. The van der Waals surface area contributed by atoms with Gasteiger partial charge in [0.2, 0.25) is 5.91 Å². The number of nitrogens with zero attached hydrogens (tertiary/aromatic N) is 1. The molecular formula is C11H15N3O. The molecule has 0 aliphatic heterocycles. The Kier molecular flexibility index (Phi) is 4.34. The Hall–Kier alpha value is -1.84. The summed E-state index contributed by atoms with van der Waals surface area (Å²) in [5.41, 5.74) is 8.81. The average Bonchev–Trinajstić information content (AvgIpc) is 2.27. The molecule has 0 saturated heterocycles. The predicted octanol–water partition coefficient (Wildman–Crippen LogP) is 1.03. The summed E-state index contributed by atoms with van der Waals surface area (Å²) < 4.78 is 0. The molecule has 4 heteroatoms. The summed E-state index contributed by atoms with van der Waals surface area (Å²) in [6.45, 7) is 1.88. The van der Waals surface area contributed by atoms with Gasteiger partial charge in [0, 0.05) is 6.42 Å². The molecule has 1 aromatic rings. The maximum atomic E-state index is 11.4. The monoisotopic (exact) mass is 205 g/mol. The third-order valence-corrected chi connectivity index (χ3v) is 1.89. The van der Waals surface area contributed by atoms with E-state index in [1.165, 1.54) is 0 Å². The third-order valence-electron chi connectivity index (χ3n) is 1.89. The lowest BCUT2D eigenvalue weighted by Gasteiger charge is -2.00. The summed E-state index contributed by atoms with van der Waals surface area (Å²) >= 11 is 0. The van der Waals surface area contributed by atoms with Crippen LogP contribution in [0.25, 0.3) is 0 Å². The van der Waals surface area contributed by atoms with E-state index < -0.39 is 0 Å². The van der Waals surface area contributed by atoms with Crippen LogP contribution in [0.15, 0.2) is 35.4 Å². The van der Waals surface area contributed by atoms with E-state index >= 15 is 0 Å². The third kappa shape index (κ3) is 4.26. The van der Waals surface area contributed by atoms with Crippen LogP contribution in [0.4, 0.5) is 0 Å². The van der Waals surface area contributed by atoms with Crippen molar-refractivity contribution in [3.63, 3.8) is 0 Å². The molecule has 3 N–H and O–H groups in total. The topological polar surface area (TPSA) is 67.5 Å². The van der Waals surface area contributed by atoms with Crippen LogP contribution in [-0.4, -0.2) is 11.7 Å². The molecule has 0 aromatic heterocycles. The number of hydrogen-bond donors (Lipinski definition) is 2. The molecule has 0 unspecified atom stereocenters. The van der Waals surface area contributed by atoms with Gasteiger partial charge in [0.15, 0.2) is 0 Å². The fourth-order valence-corrected chi connectivity index (χ4v) is 1.03. The first-order valence-corrected chi connectivity index (χ1v) is 4.87. The molecule has 0 bridgehead atoms. The van der Waals surface area contributed by atoms with Gasteiger partial charge in [-0.05, 0) is 5.56 Å². The van der Waals surface area contributed by atoms with Crippen molar-refractivity contribution >= 4 is 11.7 Å². The first kappa shape index (κ1) is 11.2. The molecule has 0 saturated carbocycles. The highest BCUT2D eigenvalue weighted by atomic mass is 16.2. The Labute approximate surface area is 89.2 Å². The number of carbonyl (C=O) groups is 1. The van der Waals surface area contributed by atoms with Gasteiger partial charge in [-0.2, -0.15) is 5.10 Å². The zero-order chi connectivity index (χ0) is 11.1. The normalized spacial score (nSPS) is 11.1. The SMILES string of the molecule is CC/C(N)=N/NC(=O)Cc1ccccc1. The van der Waals surface area contributed by atoms with Crippen molar-refractivity contribution in [3.05, 3.63) is 35.9 Å². The van der Waals surface area contributed by atoms with Crippen molar-refractivity contribution < 1.29 is 4.79 Å². The Morgan fingerprint density at radius 2 is 2.07 bits per heavy atom. The molecule has 1 rings (SSSR count). The average molecular weight is 205 g/mol. The minimum Gasteiger partial charge on any atom is -0.386 e. The maximum Gasteiger partial charge on any atom is 0.244 e. The van der Waals surface area contributed by atoms with Gasteiger partial charge >= 0.3 is 0 Å². The van der Waals surface area contributed by atoms with Gasteiger partial charge < -0.3 is 5.73 Å². The van der Waals surface area contributed by atoms with Crippen LogP contribution in [-0.2, 0) is 11.2 Å². The number of benzene rings is 1. The minimum atomic E-state index is -0.155. The molecule has 0 fully saturated rings. The fourth-order valence-electron chi connectivity index (χ4n) is 1.03. The van der Waals surface area contributed by atoms with Gasteiger partial charge in [-0.3, -0.25) is 4.79 Å². The molecule has 1 amide bonds. The van der Waals surface area contributed by atoms with Crippen molar-refractivity contribution in [2.24, 2.45) is 10.8 Å². The Balaban J connectivity index is 2.44. The molecule has 0 radical (unpaired) electrons. The van der Waals surface area contributed by atoms with Gasteiger partial charge in [-0.1, -0.05) is 37.3 Å². The van der Waals surface area contributed by atoms with Crippen LogP contribution in [0.1, 0.15) is 18.9 Å². The molecule has 0 atom stereocenters. The van der Waals surface area contributed by atoms with Crippen LogP contribution in [0, 0.1) is 0 Å². The number of hydrogen-bond acceptors (Lipinski definition) is 2. The summed E-state index contributed by atoms with van der Waals surface area (Å²) in [6, 6.07) is 9.49. The number of amidine groups is 1. The van der Waals surface area contributed by atoms with E-state index in [0.717, 1.165) is 5.56 Å². The van der Waals surface area contributed by atoms with Gasteiger partial charge in [0.25, 0.3) is 0 Å².